The molecule has 156 valence electrons. The highest BCUT2D eigenvalue weighted by Crippen LogP contribution is 2.32. The van der Waals surface area contributed by atoms with Crippen LogP contribution >= 0.6 is 11.6 Å². The van der Waals surface area contributed by atoms with Gasteiger partial charge in [0.15, 0.2) is 0 Å². The average molecular weight is 437 g/mol. The molecule has 8 heteroatoms. The van der Waals surface area contributed by atoms with E-state index >= 15 is 0 Å². The van der Waals surface area contributed by atoms with Crippen molar-refractivity contribution in [2.24, 2.45) is 5.92 Å². The number of amides is 1. The second-order valence-electron chi connectivity index (χ2n) is 7.18. The number of carbonyl (C=O) groups is 1. The van der Waals surface area contributed by atoms with E-state index in [0.717, 1.165) is 5.56 Å². The van der Waals surface area contributed by atoms with Crippen LogP contribution in [0.2, 0.25) is 5.02 Å². The van der Waals surface area contributed by atoms with Gasteiger partial charge in [-0.25, -0.2) is 8.42 Å². The first kappa shape index (κ1) is 21.6. The fraction of sp³-hybridized carbons (Fsp3) is 0.381. The zero-order chi connectivity index (χ0) is 21.0. The van der Waals surface area contributed by atoms with Gasteiger partial charge in [-0.1, -0.05) is 41.9 Å². The number of halogens is 1. The number of ether oxygens (including phenoxy) is 1. The van der Waals surface area contributed by atoms with E-state index in [1.807, 2.05) is 30.3 Å². The van der Waals surface area contributed by atoms with Crippen molar-refractivity contribution < 1.29 is 17.9 Å². The van der Waals surface area contributed by atoms with Gasteiger partial charge >= 0.3 is 0 Å². The van der Waals surface area contributed by atoms with E-state index < -0.39 is 10.0 Å². The minimum atomic E-state index is -3.83. The van der Waals surface area contributed by atoms with Crippen LogP contribution in [0.5, 0.6) is 5.75 Å². The quantitative estimate of drug-likeness (QED) is 0.696. The van der Waals surface area contributed by atoms with Crippen molar-refractivity contribution >= 4 is 27.5 Å². The molecule has 1 saturated heterocycles. The van der Waals surface area contributed by atoms with Crippen LogP contribution in [0.3, 0.4) is 0 Å². The molecule has 1 fully saturated rings. The molecule has 0 aliphatic carbocycles. The Morgan fingerprint density at radius 1 is 1.24 bits per heavy atom. The van der Waals surface area contributed by atoms with Crippen molar-refractivity contribution in [2.45, 2.75) is 24.3 Å². The Bertz CT molecular complexity index is 966. The molecular weight excluding hydrogens is 412 g/mol. The molecule has 1 heterocycles. The molecule has 2 aromatic carbocycles. The Morgan fingerprint density at radius 2 is 1.97 bits per heavy atom. The maximum atomic E-state index is 13.2. The Balaban J connectivity index is 1.76. The lowest BCUT2D eigenvalue weighted by molar-refractivity contribution is -0.135. The molecule has 0 aromatic heterocycles. The minimum absolute atomic E-state index is 0.0261. The number of carbonyl (C=O) groups excluding carboxylic acids is 1. The van der Waals surface area contributed by atoms with E-state index in [2.05, 4.69) is 0 Å². The second-order valence-corrected chi connectivity index (χ2v) is 9.52. The highest BCUT2D eigenvalue weighted by atomic mass is 35.5. The summed E-state index contributed by atoms with van der Waals surface area (Å²) >= 11 is 6.02. The molecule has 0 radical (unpaired) electrons. The first-order valence-electron chi connectivity index (χ1n) is 9.45. The van der Waals surface area contributed by atoms with E-state index in [-0.39, 0.29) is 29.0 Å². The van der Waals surface area contributed by atoms with Gasteiger partial charge < -0.3 is 9.64 Å². The Labute approximate surface area is 177 Å². The monoisotopic (exact) mass is 436 g/mol. The van der Waals surface area contributed by atoms with E-state index in [1.165, 1.54) is 23.5 Å². The van der Waals surface area contributed by atoms with Gasteiger partial charge in [0.2, 0.25) is 15.9 Å². The minimum Gasteiger partial charge on any atom is -0.495 e. The van der Waals surface area contributed by atoms with Gasteiger partial charge in [-0.2, -0.15) is 4.31 Å². The number of rotatable bonds is 6. The highest BCUT2D eigenvalue weighted by molar-refractivity contribution is 7.89. The fourth-order valence-corrected chi connectivity index (χ4v) is 5.54. The molecular formula is C21H25ClN2O4S. The van der Waals surface area contributed by atoms with E-state index in [4.69, 9.17) is 16.3 Å². The van der Waals surface area contributed by atoms with Gasteiger partial charge in [0.25, 0.3) is 0 Å². The van der Waals surface area contributed by atoms with Gasteiger partial charge in [-0.05, 0) is 36.6 Å². The predicted molar refractivity (Wildman–Crippen MR) is 112 cm³/mol. The Kier molecular flexibility index (Phi) is 6.82. The molecule has 1 aliphatic rings. The van der Waals surface area contributed by atoms with Gasteiger partial charge in [0.05, 0.1) is 13.0 Å². The van der Waals surface area contributed by atoms with Crippen LogP contribution in [0.4, 0.5) is 0 Å². The molecule has 29 heavy (non-hydrogen) atoms. The summed E-state index contributed by atoms with van der Waals surface area (Å²) in [6.07, 6.45) is 1.29. The van der Waals surface area contributed by atoms with Crippen molar-refractivity contribution in [2.75, 3.05) is 27.2 Å². The molecule has 0 spiro atoms. The number of piperidine rings is 1. The summed E-state index contributed by atoms with van der Waals surface area (Å²) in [7, 11) is -0.652. The van der Waals surface area contributed by atoms with Crippen LogP contribution in [0.1, 0.15) is 18.4 Å². The molecule has 1 atom stereocenters. The number of benzene rings is 2. The van der Waals surface area contributed by atoms with Crippen LogP contribution < -0.4 is 4.74 Å². The van der Waals surface area contributed by atoms with Crippen LogP contribution in [0, 0.1) is 5.92 Å². The summed E-state index contributed by atoms with van der Waals surface area (Å²) in [6, 6.07) is 14.2. The third kappa shape index (κ3) is 4.91. The average Bonchev–Trinajstić information content (AvgIpc) is 2.74. The molecule has 6 nitrogen and oxygen atoms in total. The second kappa shape index (κ2) is 9.15. The fourth-order valence-electron chi connectivity index (χ4n) is 3.60. The largest absolute Gasteiger partial charge is 0.495 e. The smallest absolute Gasteiger partial charge is 0.246 e. The molecule has 2 aromatic rings. The maximum absolute atomic E-state index is 13.2. The summed E-state index contributed by atoms with van der Waals surface area (Å²) in [4.78, 5) is 14.6. The predicted octanol–water partition coefficient (Wildman–Crippen LogP) is 3.41. The Hall–Kier alpha value is -2.09. The SMILES string of the molecule is COc1ccc(Cl)cc1S(=O)(=O)N1CCC[C@H](C(=O)N(C)Cc2ccccc2)C1. The highest BCUT2D eigenvalue weighted by Gasteiger charge is 2.35. The zero-order valence-electron chi connectivity index (χ0n) is 16.5. The van der Waals surface area contributed by atoms with Gasteiger partial charge in [0, 0.05) is 31.7 Å². The van der Waals surface area contributed by atoms with Crippen LogP contribution in [-0.4, -0.2) is 50.8 Å². The Morgan fingerprint density at radius 3 is 2.66 bits per heavy atom. The third-order valence-corrected chi connectivity index (χ3v) is 7.24. The number of hydrogen-bond acceptors (Lipinski definition) is 4. The third-order valence-electron chi connectivity index (χ3n) is 5.12. The number of hydrogen-bond donors (Lipinski definition) is 0. The lowest BCUT2D eigenvalue weighted by Crippen LogP contribution is -2.45. The van der Waals surface area contributed by atoms with Crippen molar-refractivity contribution in [3.05, 3.63) is 59.1 Å². The van der Waals surface area contributed by atoms with Crippen LogP contribution in [0.15, 0.2) is 53.4 Å². The molecule has 0 saturated carbocycles. The topological polar surface area (TPSA) is 66.9 Å². The van der Waals surface area contributed by atoms with Crippen molar-refractivity contribution in [3.63, 3.8) is 0 Å². The summed E-state index contributed by atoms with van der Waals surface area (Å²) in [5, 5.41) is 0.316. The van der Waals surface area contributed by atoms with Crippen LogP contribution in [-0.2, 0) is 21.4 Å². The summed E-state index contributed by atoms with van der Waals surface area (Å²) in [5.41, 5.74) is 1.03. The molecule has 1 amide bonds. The molecule has 0 unspecified atom stereocenters. The molecule has 0 N–H and O–H groups in total. The maximum Gasteiger partial charge on any atom is 0.246 e. The molecule has 3 rings (SSSR count). The van der Waals surface area contributed by atoms with Gasteiger partial charge in [-0.3, -0.25) is 4.79 Å². The number of sulfonamides is 1. The standard InChI is InChI=1S/C21H25ClN2O4S/c1-23(14-16-7-4-3-5-8-16)21(25)17-9-6-12-24(15-17)29(26,27)20-13-18(22)10-11-19(20)28-2/h3-5,7-8,10-11,13,17H,6,9,12,14-15H2,1-2H3/t17-/m0/s1. The molecule has 0 bridgehead atoms. The molecule has 1 aliphatic heterocycles. The van der Waals surface area contributed by atoms with Gasteiger partial charge in [0.1, 0.15) is 10.6 Å². The number of nitrogens with zero attached hydrogens (tertiary/aromatic N) is 2. The van der Waals surface area contributed by atoms with E-state index in [0.29, 0.717) is 31.0 Å². The first-order chi connectivity index (χ1) is 13.8. The van der Waals surface area contributed by atoms with Gasteiger partial charge in [-0.15, -0.1) is 0 Å². The normalized spacial score (nSPS) is 17.7. The van der Waals surface area contributed by atoms with Crippen molar-refractivity contribution in [1.29, 1.82) is 0 Å². The van der Waals surface area contributed by atoms with Crippen LogP contribution in [0.25, 0.3) is 0 Å². The lowest BCUT2D eigenvalue weighted by Gasteiger charge is -2.33. The van der Waals surface area contributed by atoms with Crippen molar-refractivity contribution in [1.82, 2.24) is 9.21 Å². The zero-order valence-corrected chi connectivity index (χ0v) is 18.1. The van der Waals surface area contributed by atoms with E-state index in [9.17, 15) is 13.2 Å². The summed E-state index contributed by atoms with van der Waals surface area (Å²) in [6.45, 7) is 1.01. The number of methoxy groups -OCH3 is 1. The first-order valence-corrected chi connectivity index (χ1v) is 11.3. The van der Waals surface area contributed by atoms with Crippen molar-refractivity contribution in [3.8, 4) is 5.75 Å². The lowest BCUT2D eigenvalue weighted by atomic mass is 9.98. The summed E-state index contributed by atoms with van der Waals surface area (Å²) in [5.74, 6) is -0.187. The van der Waals surface area contributed by atoms with E-state index in [1.54, 1.807) is 18.0 Å². The summed E-state index contributed by atoms with van der Waals surface area (Å²) < 4.78 is 33.0.